The smallest absolute Gasteiger partial charge is 0.255 e. The van der Waals surface area contributed by atoms with Crippen LogP contribution in [-0.4, -0.2) is 19.1 Å². The van der Waals surface area contributed by atoms with E-state index in [0.717, 1.165) is 11.3 Å². The van der Waals surface area contributed by atoms with Crippen molar-refractivity contribution in [1.29, 1.82) is 0 Å². The summed E-state index contributed by atoms with van der Waals surface area (Å²) in [6.45, 7) is 7.32. The summed E-state index contributed by atoms with van der Waals surface area (Å²) in [5.41, 5.74) is 2.38. The summed E-state index contributed by atoms with van der Waals surface area (Å²) in [5.74, 6) is 1.14. The Morgan fingerprint density at radius 1 is 1.04 bits per heavy atom. The molecule has 0 atom stereocenters. The Morgan fingerprint density at radius 3 is 2.52 bits per heavy atom. The lowest BCUT2D eigenvalue weighted by atomic mass is 9.97. The highest BCUT2D eigenvalue weighted by molar-refractivity contribution is 6.04. The van der Waals surface area contributed by atoms with E-state index in [2.05, 4.69) is 19.2 Å². The molecule has 23 heavy (non-hydrogen) atoms. The fourth-order valence-electron chi connectivity index (χ4n) is 2.40. The average molecular weight is 311 g/mol. The molecule has 0 unspecified atom stereocenters. The van der Waals surface area contributed by atoms with Crippen molar-refractivity contribution >= 4 is 11.6 Å². The van der Waals surface area contributed by atoms with Crippen LogP contribution in [0.25, 0.3) is 0 Å². The van der Waals surface area contributed by atoms with Crippen LogP contribution < -0.4 is 14.8 Å². The van der Waals surface area contributed by atoms with E-state index in [1.165, 1.54) is 0 Å². The van der Waals surface area contributed by atoms with E-state index in [1.807, 2.05) is 31.2 Å². The highest BCUT2D eigenvalue weighted by atomic mass is 16.5. The van der Waals surface area contributed by atoms with Crippen LogP contribution in [0.5, 0.6) is 11.5 Å². The highest BCUT2D eigenvalue weighted by Crippen LogP contribution is 2.34. The molecule has 120 valence electrons. The second-order valence-corrected chi connectivity index (χ2v) is 6.73. The molecule has 0 spiro atoms. The number of anilines is 1. The zero-order valence-corrected chi connectivity index (χ0v) is 13.7. The SMILES string of the molecule is Cc1cccc(NC(=O)c2ccc3c(c2)OCC(C)(C)CO3)c1. The summed E-state index contributed by atoms with van der Waals surface area (Å²) in [6, 6.07) is 13.0. The molecule has 1 aliphatic heterocycles. The van der Waals surface area contributed by atoms with Crippen molar-refractivity contribution in [2.45, 2.75) is 20.8 Å². The molecule has 2 aromatic carbocycles. The predicted molar refractivity (Wildman–Crippen MR) is 90.3 cm³/mol. The molecule has 1 N–H and O–H groups in total. The maximum Gasteiger partial charge on any atom is 0.255 e. The van der Waals surface area contributed by atoms with Crippen LogP contribution in [0.3, 0.4) is 0 Å². The first-order valence-electron chi connectivity index (χ1n) is 7.71. The van der Waals surface area contributed by atoms with Crippen molar-refractivity contribution in [2.75, 3.05) is 18.5 Å². The Balaban J connectivity index is 1.79. The van der Waals surface area contributed by atoms with Gasteiger partial charge in [-0.15, -0.1) is 0 Å². The van der Waals surface area contributed by atoms with Crippen LogP contribution in [0.4, 0.5) is 5.69 Å². The van der Waals surface area contributed by atoms with Gasteiger partial charge in [0.15, 0.2) is 11.5 Å². The summed E-state index contributed by atoms with van der Waals surface area (Å²) in [5, 5.41) is 2.90. The number of carbonyl (C=O) groups excluding carboxylic acids is 1. The molecule has 0 aromatic heterocycles. The number of rotatable bonds is 2. The number of benzene rings is 2. The summed E-state index contributed by atoms with van der Waals surface area (Å²) >= 11 is 0. The molecule has 0 aliphatic carbocycles. The van der Waals surface area contributed by atoms with Gasteiger partial charge < -0.3 is 14.8 Å². The normalized spacial score (nSPS) is 15.6. The summed E-state index contributed by atoms with van der Waals surface area (Å²) in [4.78, 5) is 12.4. The zero-order chi connectivity index (χ0) is 16.4. The molecule has 0 fully saturated rings. The highest BCUT2D eigenvalue weighted by Gasteiger charge is 2.25. The van der Waals surface area contributed by atoms with Crippen molar-refractivity contribution in [3.63, 3.8) is 0 Å². The van der Waals surface area contributed by atoms with Crippen molar-refractivity contribution in [1.82, 2.24) is 0 Å². The predicted octanol–water partition coefficient (Wildman–Crippen LogP) is 4.04. The van der Waals surface area contributed by atoms with Crippen LogP contribution in [0.2, 0.25) is 0 Å². The zero-order valence-electron chi connectivity index (χ0n) is 13.7. The third kappa shape index (κ3) is 3.65. The summed E-state index contributed by atoms with van der Waals surface area (Å²) in [7, 11) is 0. The molecule has 2 aromatic rings. The molecule has 4 heteroatoms. The Bertz CT molecular complexity index is 737. The van der Waals surface area contributed by atoms with Gasteiger partial charge in [-0.1, -0.05) is 26.0 Å². The first-order chi connectivity index (χ1) is 10.9. The molecule has 0 bridgehead atoms. The number of fused-ring (bicyclic) bond motifs is 1. The average Bonchev–Trinajstić information content (AvgIpc) is 2.66. The second kappa shape index (κ2) is 5.95. The Kier molecular flexibility index (Phi) is 3.99. The second-order valence-electron chi connectivity index (χ2n) is 6.73. The number of hydrogen-bond acceptors (Lipinski definition) is 3. The van der Waals surface area contributed by atoms with E-state index in [4.69, 9.17) is 9.47 Å². The minimum Gasteiger partial charge on any atom is -0.489 e. The molecule has 0 radical (unpaired) electrons. The number of aryl methyl sites for hydroxylation is 1. The van der Waals surface area contributed by atoms with Gasteiger partial charge in [0.05, 0.1) is 13.2 Å². The van der Waals surface area contributed by atoms with Gasteiger partial charge >= 0.3 is 0 Å². The first kappa shape index (κ1) is 15.4. The maximum absolute atomic E-state index is 12.4. The molecule has 1 amide bonds. The molecule has 1 heterocycles. The third-order valence-electron chi connectivity index (χ3n) is 3.72. The molecule has 3 rings (SSSR count). The molecular weight excluding hydrogens is 290 g/mol. The lowest BCUT2D eigenvalue weighted by Crippen LogP contribution is -2.26. The van der Waals surface area contributed by atoms with E-state index in [1.54, 1.807) is 18.2 Å². The van der Waals surface area contributed by atoms with Gasteiger partial charge in [0.2, 0.25) is 0 Å². The van der Waals surface area contributed by atoms with Crippen LogP contribution >= 0.6 is 0 Å². The van der Waals surface area contributed by atoms with Crippen molar-refractivity contribution in [3.8, 4) is 11.5 Å². The molecular formula is C19H21NO3. The Morgan fingerprint density at radius 2 is 1.78 bits per heavy atom. The lowest BCUT2D eigenvalue weighted by molar-refractivity contribution is 0.102. The van der Waals surface area contributed by atoms with E-state index in [0.29, 0.717) is 30.3 Å². The number of nitrogens with one attached hydrogen (secondary N) is 1. The molecule has 4 nitrogen and oxygen atoms in total. The van der Waals surface area contributed by atoms with Crippen molar-refractivity contribution < 1.29 is 14.3 Å². The topological polar surface area (TPSA) is 47.6 Å². The minimum absolute atomic E-state index is 0.0526. The van der Waals surface area contributed by atoms with Gasteiger partial charge in [-0.25, -0.2) is 0 Å². The van der Waals surface area contributed by atoms with Gasteiger partial charge in [0.25, 0.3) is 5.91 Å². The molecule has 1 aliphatic rings. The third-order valence-corrected chi connectivity index (χ3v) is 3.72. The standard InChI is InChI=1S/C19H21NO3/c1-13-5-4-6-15(9-13)20-18(21)14-7-8-16-17(10-14)23-12-19(2,3)11-22-16/h4-10H,11-12H2,1-3H3,(H,20,21). The number of hydrogen-bond donors (Lipinski definition) is 1. The fourth-order valence-corrected chi connectivity index (χ4v) is 2.40. The van der Waals surface area contributed by atoms with E-state index < -0.39 is 0 Å². The first-order valence-corrected chi connectivity index (χ1v) is 7.71. The van der Waals surface area contributed by atoms with Gasteiger partial charge in [0.1, 0.15) is 0 Å². The number of amides is 1. The van der Waals surface area contributed by atoms with E-state index in [-0.39, 0.29) is 11.3 Å². The number of carbonyl (C=O) groups is 1. The van der Waals surface area contributed by atoms with Crippen LogP contribution in [0.1, 0.15) is 29.8 Å². The lowest BCUT2D eigenvalue weighted by Gasteiger charge is -2.19. The van der Waals surface area contributed by atoms with Crippen molar-refractivity contribution in [2.24, 2.45) is 5.41 Å². The van der Waals surface area contributed by atoms with Crippen LogP contribution in [-0.2, 0) is 0 Å². The monoisotopic (exact) mass is 311 g/mol. The van der Waals surface area contributed by atoms with Crippen LogP contribution in [0, 0.1) is 12.3 Å². The number of ether oxygens (including phenoxy) is 2. The summed E-state index contributed by atoms with van der Waals surface area (Å²) in [6.07, 6.45) is 0. The Hall–Kier alpha value is -2.49. The van der Waals surface area contributed by atoms with E-state index in [9.17, 15) is 4.79 Å². The quantitative estimate of drug-likeness (QED) is 0.910. The van der Waals surface area contributed by atoms with Gasteiger partial charge in [-0.2, -0.15) is 0 Å². The largest absolute Gasteiger partial charge is 0.489 e. The van der Waals surface area contributed by atoms with Gasteiger partial charge in [0, 0.05) is 16.7 Å². The molecule has 0 saturated heterocycles. The summed E-state index contributed by atoms with van der Waals surface area (Å²) < 4.78 is 11.6. The van der Waals surface area contributed by atoms with Crippen molar-refractivity contribution in [3.05, 3.63) is 53.6 Å². The van der Waals surface area contributed by atoms with Gasteiger partial charge in [-0.05, 0) is 42.8 Å². The Labute approximate surface area is 136 Å². The minimum atomic E-state index is -0.162. The fraction of sp³-hybridized carbons (Fsp3) is 0.316. The van der Waals surface area contributed by atoms with E-state index >= 15 is 0 Å². The molecule has 0 saturated carbocycles. The van der Waals surface area contributed by atoms with Crippen LogP contribution in [0.15, 0.2) is 42.5 Å². The maximum atomic E-state index is 12.4. The van der Waals surface area contributed by atoms with Gasteiger partial charge in [-0.3, -0.25) is 4.79 Å².